The number of halogens is 2. The lowest BCUT2D eigenvalue weighted by Crippen LogP contribution is -2.33. The molecule has 1 aromatic heterocycles. The minimum atomic E-state index is -0.180. The van der Waals surface area contributed by atoms with Crippen LogP contribution in [0.15, 0.2) is 24.3 Å². The van der Waals surface area contributed by atoms with Gasteiger partial charge in [0.1, 0.15) is 5.69 Å². The van der Waals surface area contributed by atoms with Gasteiger partial charge in [-0.2, -0.15) is 0 Å². The Morgan fingerprint density at radius 3 is 2.50 bits per heavy atom. The summed E-state index contributed by atoms with van der Waals surface area (Å²) in [6.07, 6.45) is 4.36. The number of nitrogens with zero attached hydrogens (tertiary/aromatic N) is 2. The number of anilines is 2. The number of aromatic nitrogens is 2. The lowest BCUT2D eigenvalue weighted by atomic mass is 10.2. The van der Waals surface area contributed by atoms with Gasteiger partial charge in [0.05, 0.1) is 15.7 Å². The molecule has 1 heterocycles. The Balaban J connectivity index is 1.82. The quantitative estimate of drug-likeness (QED) is 0.837. The van der Waals surface area contributed by atoms with E-state index in [1.165, 1.54) is 0 Å². The highest BCUT2D eigenvalue weighted by Gasteiger charge is 2.19. The maximum absolute atomic E-state index is 12.4. The Morgan fingerprint density at radius 2 is 1.83 bits per heavy atom. The van der Waals surface area contributed by atoms with E-state index in [1.807, 2.05) is 6.92 Å². The number of benzene rings is 1. The molecule has 0 bridgehead atoms. The van der Waals surface area contributed by atoms with E-state index >= 15 is 0 Å². The van der Waals surface area contributed by atoms with E-state index in [0.717, 1.165) is 25.7 Å². The third kappa shape index (κ3) is 3.97. The monoisotopic (exact) mass is 364 g/mol. The molecule has 1 aromatic carbocycles. The molecule has 0 aliphatic heterocycles. The lowest BCUT2D eigenvalue weighted by molar-refractivity contribution is 0.0932. The molecule has 1 amide bonds. The molecule has 0 atom stereocenters. The summed E-state index contributed by atoms with van der Waals surface area (Å²) >= 11 is 12.3. The maximum atomic E-state index is 12.4. The van der Waals surface area contributed by atoms with Crippen LogP contribution in [0.4, 0.5) is 11.6 Å². The summed E-state index contributed by atoms with van der Waals surface area (Å²) < 4.78 is 0. The smallest absolute Gasteiger partial charge is 0.270 e. The zero-order chi connectivity index (χ0) is 17.1. The minimum absolute atomic E-state index is 0.180. The zero-order valence-corrected chi connectivity index (χ0v) is 14.8. The second kappa shape index (κ2) is 7.36. The first-order chi connectivity index (χ1) is 11.5. The van der Waals surface area contributed by atoms with Crippen LogP contribution in [0.25, 0.3) is 0 Å². The Hall–Kier alpha value is -1.85. The lowest BCUT2D eigenvalue weighted by Gasteiger charge is -2.13. The number of aryl methyl sites for hydroxylation is 1. The summed E-state index contributed by atoms with van der Waals surface area (Å²) in [6, 6.07) is 7.11. The van der Waals surface area contributed by atoms with Crippen LogP contribution in [0.5, 0.6) is 0 Å². The van der Waals surface area contributed by atoms with Crippen molar-refractivity contribution in [2.75, 3.05) is 5.32 Å². The predicted molar refractivity (Wildman–Crippen MR) is 96.2 cm³/mol. The van der Waals surface area contributed by atoms with E-state index in [1.54, 1.807) is 24.3 Å². The molecule has 0 spiro atoms. The maximum Gasteiger partial charge on any atom is 0.270 e. The Morgan fingerprint density at radius 1 is 1.17 bits per heavy atom. The van der Waals surface area contributed by atoms with Gasteiger partial charge < -0.3 is 10.6 Å². The molecule has 1 aliphatic rings. The van der Waals surface area contributed by atoms with Crippen LogP contribution in [-0.4, -0.2) is 21.9 Å². The van der Waals surface area contributed by atoms with E-state index in [9.17, 15) is 4.79 Å². The molecule has 1 aliphatic carbocycles. The van der Waals surface area contributed by atoms with Gasteiger partial charge >= 0.3 is 0 Å². The summed E-state index contributed by atoms with van der Waals surface area (Å²) in [5.41, 5.74) is 1.54. The third-order valence-electron chi connectivity index (χ3n) is 3.98. The molecule has 3 rings (SSSR count). The molecule has 24 heavy (non-hydrogen) atoms. The van der Waals surface area contributed by atoms with Gasteiger partial charge in [-0.15, -0.1) is 0 Å². The number of carbonyl (C=O) groups is 1. The topological polar surface area (TPSA) is 66.9 Å². The minimum Gasteiger partial charge on any atom is -0.348 e. The molecule has 1 saturated carbocycles. The SMILES string of the molecule is Cc1cc(C(=O)NC2CCCC2)nc(Nc2c(Cl)cccc2Cl)n1. The third-order valence-corrected chi connectivity index (χ3v) is 4.61. The van der Waals surface area contributed by atoms with Gasteiger partial charge in [0.25, 0.3) is 5.91 Å². The van der Waals surface area contributed by atoms with E-state index in [2.05, 4.69) is 20.6 Å². The van der Waals surface area contributed by atoms with Crippen LogP contribution in [0.2, 0.25) is 10.0 Å². The van der Waals surface area contributed by atoms with Gasteiger partial charge in [0.15, 0.2) is 0 Å². The van der Waals surface area contributed by atoms with Gasteiger partial charge in [-0.1, -0.05) is 42.1 Å². The Kier molecular flexibility index (Phi) is 5.21. The molecular weight excluding hydrogens is 347 g/mol. The molecular formula is C17H18Cl2N4O. The van der Waals surface area contributed by atoms with Crippen molar-refractivity contribution in [3.05, 3.63) is 45.7 Å². The van der Waals surface area contributed by atoms with Crippen molar-refractivity contribution in [3.63, 3.8) is 0 Å². The summed E-state index contributed by atoms with van der Waals surface area (Å²) in [5.74, 6) is 0.113. The van der Waals surface area contributed by atoms with Crippen LogP contribution in [0.3, 0.4) is 0 Å². The first kappa shape index (κ1) is 17.0. The fourth-order valence-electron chi connectivity index (χ4n) is 2.80. The second-order valence-electron chi connectivity index (χ2n) is 5.89. The van der Waals surface area contributed by atoms with Crippen molar-refractivity contribution in [2.45, 2.75) is 38.6 Å². The van der Waals surface area contributed by atoms with Gasteiger partial charge in [-0.05, 0) is 38.0 Å². The number of amides is 1. The molecule has 126 valence electrons. The van der Waals surface area contributed by atoms with Crippen molar-refractivity contribution < 1.29 is 4.79 Å². The Bertz CT molecular complexity index is 740. The fraction of sp³-hybridized carbons (Fsp3) is 0.353. The van der Waals surface area contributed by atoms with Gasteiger partial charge in [-0.25, -0.2) is 9.97 Å². The molecule has 2 aromatic rings. The molecule has 0 radical (unpaired) electrons. The van der Waals surface area contributed by atoms with Crippen molar-refractivity contribution in [1.29, 1.82) is 0 Å². The predicted octanol–water partition coefficient (Wildman–Crippen LogP) is 4.51. The number of carbonyl (C=O) groups excluding carboxylic acids is 1. The normalized spacial score (nSPS) is 14.6. The molecule has 0 unspecified atom stereocenters. The van der Waals surface area contributed by atoms with Crippen molar-refractivity contribution >= 4 is 40.7 Å². The summed E-state index contributed by atoms with van der Waals surface area (Å²) in [5, 5.41) is 6.96. The van der Waals surface area contributed by atoms with Crippen LogP contribution in [0, 0.1) is 6.92 Å². The largest absolute Gasteiger partial charge is 0.348 e. The molecule has 7 heteroatoms. The average Bonchev–Trinajstić information content (AvgIpc) is 3.03. The van der Waals surface area contributed by atoms with Crippen molar-refractivity contribution in [3.8, 4) is 0 Å². The van der Waals surface area contributed by atoms with Crippen LogP contribution in [-0.2, 0) is 0 Å². The summed E-state index contributed by atoms with van der Waals surface area (Å²) in [7, 11) is 0. The van der Waals surface area contributed by atoms with E-state index < -0.39 is 0 Å². The van der Waals surface area contributed by atoms with Crippen molar-refractivity contribution in [1.82, 2.24) is 15.3 Å². The standard InChI is InChI=1S/C17H18Cl2N4O/c1-10-9-14(16(24)21-11-5-2-3-6-11)22-17(20-10)23-15-12(18)7-4-8-13(15)19/h4,7-9,11H,2-3,5-6H2,1H3,(H,21,24)(H,20,22,23). The first-order valence-corrected chi connectivity index (χ1v) is 8.66. The molecule has 2 N–H and O–H groups in total. The zero-order valence-electron chi connectivity index (χ0n) is 13.3. The Labute approximate surface area is 150 Å². The summed E-state index contributed by atoms with van der Waals surface area (Å²) in [4.78, 5) is 21.0. The van der Waals surface area contributed by atoms with Crippen LogP contribution in [0.1, 0.15) is 41.9 Å². The molecule has 1 fully saturated rings. The highest BCUT2D eigenvalue weighted by molar-refractivity contribution is 6.39. The molecule has 0 saturated heterocycles. The van der Waals surface area contributed by atoms with Gasteiger partial charge in [0.2, 0.25) is 5.95 Å². The number of hydrogen-bond donors (Lipinski definition) is 2. The van der Waals surface area contributed by atoms with Crippen LogP contribution < -0.4 is 10.6 Å². The van der Waals surface area contributed by atoms with Crippen molar-refractivity contribution in [2.24, 2.45) is 0 Å². The second-order valence-corrected chi connectivity index (χ2v) is 6.71. The molecule has 5 nitrogen and oxygen atoms in total. The number of para-hydroxylation sites is 1. The van der Waals surface area contributed by atoms with Crippen LogP contribution >= 0.6 is 23.2 Å². The number of hydrogen-bond acceptors (Lipinski definition) is 4. The first-order valence-electron chi connectivity index (χ1n) is 7.90. The summed E-state index contributed by atoms with van der Waals surface area (Å²) in [6.45, 7) is 1.81. The average molecular weight is 365 g/mol. The highest BCUT2D eigenvalue weighted by atomic mass is 35.5. The number of rotatable bonds is 4. The highest BCUT2D eigenvalue weighted by Crippen LogP contribution is 2.31. The van der Waals surface area contributed by atoms with E-state index in [4.69, 9.17) is 23.2 Å². The fourth-order valence-corrected chi connectivity index (χ4v) is 3.29. The van der Waals surface area contributed by atoms with E-state index in [-0.39, 0.29) is 11.9 Å². The van der Waals surface area contributed by atoms with E-state index in [0.29, 0.717) is 33.1 Å². The van der Waals surface area contributed by atoms with Gasteiger partial charge in [-0.3, -0.25) is 4.79 Å². The number of nitrogens with one attached hydrogen (secondary N) is 2. The van der Waals surface area contributed by atoms with Gasteiger partial charge in [0, 0.05) is 11.7 Å².